The van der Waals surface area contributed by atoms with Gasteiger partial charge in [-0.2, -0.15) is 5.10 Å². The highest BCUT2D eigenvalue weighted by Gasteiger charge is 1.99. The molecule has 1 aromatic carbocycles. The largest absolute Gasteiger partial charge is 0.298 e. The zero-order valence-electron chi connectivity index (χ0n) is 10.8. The zero-order valence-corrected chi connectivity index (χ0v) is 10.8. The molecule has 0 saturated heterocycles. The SMILES string of the molecule is [N-]=[N+]=N/C(C=O)=C\c1cnn(CCc2ccccc2)c1. The number of aldehydes is 1. The number of aryl methyl sites for hydroxylation is 2. The molecule has 6 nitrogen and oxygen atoms in total. The number of aromatic nitrogens is 2. The quantitative estimate of drug-likeness (QED) is 0.265. The number of carbonyl (C=O) groups is 1. The number of rotatable bonds is 6. The summed E-state index contributed by atoms with van der Waals surface area (Å²) in [7, 11) is 0. The number of carbonyl (C=O) groups excluding carboxylic acids is 1. The number of benzene rings is 1. The Labute approximate surface area is 116 Å². The maximum absolute atomic E-state index is 10.7. The van der Waals surface area contributed by atoms with Gasteiger partial charge in [-0.1, -0.05) is 35.4 Å². The van der Waals surface area contributed by atoms with Gasteiger partial charge in [0.1, 0.15) is 0 Å². The first-order valence-electron chi connectivity index (χ1n) is 6.10. The van der Waals surface area contributed by atoms with Crippen LogP contribution in [0.3, 0.4) is 0 Å². The smallest absolute Gasteiger partial charge is 0.152 e. The minimum absolute atomic E-state index is 0.0371. The van der Waals surface area contributed by atoms with Crippen LogP contribution >= 0.6 is 0 Å². The van der Waals surface area contributed by atoms with Crippen molar-refractivity contribution in [2.75, 3.05) is 0 Å². The number of nitrogens with zero attached hydrogens (tertiary/aromatic N) is 5. The molecular weight excluding hydrogens is 254 g/mol. The van der Waals surface area contributed by atoms with Crippen molar-refractivity contribution in [2.45, 2.75) is 13.0 Å². The van der Waals surface area contributed by atoms with Crippen molar-refractivity contribution in [3.05, 3.63) is 70.0 Å². The van der Waals surface area contributed by atoms with E-state index < -0.39 is 0 Å². The minimum atomic E-state index is 0.0371. The van der Waals surface area contributed by atoms with Gasteiger partial charge in [0, 0.05) is 23.2 Å². The Hall–Kier alpha value is -2.85. The van der Waals surface area contributed by atoms with Crippen LogP contribution in [0.2, 0.25) is 0 Å². The van der Waals surface area contributed by atoms with Crippen LogP contribution in [0.5, 0.6) is 0 Å². The molecule has 1 heterocycles. The molecule has 2 aromatic rings. The van der Waals surface area contributed by atoms with Gasteiger partial charge in [-0.05, 0) is 23.6 Å². The molecule has 0 aliphatic heterocycles. The van der Waals surface area contributed by atoms with Gasteiger partial charge in [-0.3, -0.25) is 9.48 Å². The molecule has 0 aliphatic carbocycles. The van der Waals surface area contributed by atoms with Crippen LogP contribution in [0.4, 0.5) is 0 Å². The van der Waals surface area contributed by atoms with Crippen LogP contribution < -0.4 is 0 Å². The molecule has 0 radical (unpaired) electrons. The van der Waals surface area contributed by atoms with Crippen LogP contribution in [0, 0.1) is 0 Å². The number of azide groups is 1. The molecule has 0 unspecified atom stereocenters. The third kappa shape index (κ3) is 3.83. The maximum atomic E-state index is 10.7. The second-order valence-electron chi connectivity index (χ2n) is 4.15. The second kappa shape index (κ2) is 6.92. The Bertz CT molecular complexity index is 653. The lowest BCUT2D eigenvalue weighted by atomic mass is 10.1. The monoisotopic (exact) mass is 267 g/mol. The van der Waals surface area contributed by atoms with Crippen molar-refractivity contribution in [1.82, 2.24) is 9.78 Å². The summed E-state index contributed by atoms with van der Waals surface area (Å²) in [5, 5.41) is 7.48. The lowest BCUT2D eigenvalue weighted by Crippen LogP contribution is -2.01. The molecule has 0 spiro atoms. The molecule has 6 heteroatoms. The van der Waals surface area contributed by atoms with Crippen molar-refractivity contribution in [3.63, 3.8) is 0 Å². The molecule has 20 heavy (non-hydrogen) atoms. The van der Waals surface area contributed by atoms with Crippen molar-refractivity contribution >= 4 is 12.4 Å². The minimum Gasteiger partial charge on any atom is -0.298 e. The van der Waals surface area contributed by atoms with Gasteiger partial charge in [0.15, 0.2) is 6.29 Å². The molecule has 0 bridgehead atoms. The van der Waals surface area contributed by atoms with Crippen LogP contribution in [0.25, 0.3) is 16.5 Å². The highest BCUT2D eigenvalue weighted by Crippen LogP contribution is 2.07. The van der Waals surface area contributed by atoms with Crippen LogP contribution in [-0.4, -0.2) is 16.1 Å². The number of allylic oxidation sites excluding steroid dienone is 1. The summed E-state index contributed by atoms with van der Waals surface area (Å²) in [6, 6.07) is 10.1. The third-order valence-corrected chi connectivity index (χ3v) is 2.72. The summed E-state index contributed by atoms with van der Waals surface area (Å²) in [6.45, 7) is 0.746. The average molecular weight is 267 g/mol. The van der Waals surface area contributed by atoms with E-state index in [0.717, 1.165) is 18.5 Å². The summed E-state index contributed by atoms with van der Waals surface area (Å²) in [5.41, 5.74) is 10.3. The third-order valence-electron chi connectivity index (χ3n) is 2.72. The van der Waals surface area contributed by atoms with E-state index >= 15 is 0 Å². The molecule has 0 saturated carbocycles. The predicted molar refractivity (Wildman–Crippen MR) is 75.6 cm³/mol. The van der Waals surface area contributed by atoms with Gasteiger partial charge in [0.25, 0.3) is 0 Å². The fourth-order valence-electron chi connectivity index (χ4n) is 1.77. The Morgan fingerprint density at radius 2 is 2.20 bits per heavy atom. The lowest BCUT2D eigenvalue weighted by molar-refractivity contribution is -0.104. The van der Waals surface area contributed by atoms with E-state index in [1.54, 1.807) is 17.1 Å². The standard InChI is InChI=1S/C14H13N5O/c15-18-17-14(11-20)8-13-9-16-19(10-13)7-6-12-4-2-1-3-5-12/h1-5,8-11H,6-7H2/b14-8-. The van der Waals surface area contributed by atoms with Gasteiger partial charge in [0.05, 0.1) is 11.9 Å². The van der Waals surface area contributed by atoms with Gasteiger partial charge >= 0.3 is 0 Å². The molecule has 0 aliphatic rings. The van der Waals surface area contributed by atoms with Crippen molar-refractivity contribution in [2.24, 2.45) is 5.11 Å². The molecular formula is C14H13N5O. The molecule has 0 atom stereocenters. The van der Waals surface area contributed by atoms with Crippen LogP contribution in [0.1, 0.15) is 11.1 Å². The normalized spacial score (nSPS) is 10.9. The molecule has 0 amide bonds. The molecule has 0 fully saturated rings. The molecule has 2 rings (SSSR count). The predicted octanol–water partition coefficient (Wildman–Crippen LogP) is 2.98. The van der Waals surface area contributed by atoms with Crippen LogP contribution in [-0.2, 0) is 17.8 Å². The van der Waals surface area contributed by atoms with Gasteiger partial charge < -0.3 is 0 Å². The van der Waals surface area contributed by atoms with Gasteiger partial charge in [-0.25, -0.2) is 0 Å². The van der Waals surface area contributed by atoms with E-state index in [1.807, 2.05) is 18.2 Å². The van der Waals surface area contributed by atoms with E-state index in [-0.39, 0.29) is 5.70 Å². The fourth-order valence-corrected chi connectivity index (χ4v) is 1.77. The topological polar surface area (TPSA) is 83.7 Å². The average Bonchev–Trinajstić information content (AvgIpc) is 2.93. The summed E-state index contributed by atoms with van der Waals surface area (Å²) >= 11 is 0. The first kappa shape index (κ1) is 13.6. The zero-order chi connectivity index (χ0) is 14.2. The Kier molecular flexibility index (Phi) is 4.70. The van der Waals surface area contributed by atoms with Gasteiger partial charge in [0.2, 0.25) is 0 Å². The summed E-state index contributed by atoms with van der Waals surface area (Å²) in [5.74, 6) is 0. The van der Waals surface area contributed by atoms with E-state index in [0.29, 0.717) is 6.29 Å². The lowest BCUT2D eigenvalue weighted by Gasteiger charge is -2.01. The Balaban J connectivity index is 2.02. The molecule has 0 N–H and O–H groups in total. The fraction of sp³-hybridized carbons (Fsp3) is 0.143. The highest BCUT2D eigenvalue weighted by atomic mass is 16.1. The van der Waals surface area contributed by atoms with Crippen molar-refractivity contribution in [3.8, 4) is 0 Å². The van der Waals surface area contributed by atoms with E-state index in [4.69, 9.17) is 5.53 Å². The maximum Gasteiger partial charge on any atom is 0.152 e. The summed E-state index contributed by atoms with van der Waals surface area (Å²) in [6.07, 6.45) is 6.32. The van der Waals surface area contributed by atoms with E-state index in [1.165, 1.54) is 11.6 Å². The van der Waals surface area contributed by atoms with Crippen molar-refractivity contribution < 1.29 is 4.79 Å². The second-order valence-corrected chi connectivity index (χ2v) is 4.15. The summed E-state index contributed by atoms with van der Waals surface area (Å²) in [4.78, 5) is 13.2. The first-order valence-corrected chi connectivity index (χ1v) is 6.10. The van der Waals surface area contributed by atoms with Crippen molar-refractivity contribution in [1.29, 1.82) is 0 Å². The molecule has 100 valence electrons. The Morgan fingerprint density at radius 1 is 1.40 bits per heavy atom. The summed E-state index contributed by atoms with van der Waals surface area (Å²) < 4.78 is 1.79. The number of hydrogen-bond donors (Lipinski definition) is 0. The van der Waals surface area contributed by atoms with E-state index in [2.05, 4.69) is 27.3 Å². The number of hydrogen-bond acceptors (Lipinski definition) is 3. The highest BCUT2D eigenvalue weighted by molar-refractivity contribution is 5.80. The molecule has 1 aromatic heterocycles. The first-order chi connectivity index (χ1) is 9.81. The van der Waals surface area contributed by atoms with E-state index in [9.17, 15) is 4.79 Å². The van der Waals surface area contributed by atoms with Gasteiger partial charge in [-0.15, -0.1) is 0 Å². The van der Waals surface area contributed by atoms with Crippen LogP contribution in [0.15, 0.2) is 53.5 Å². The Morgan fingerprint density at radius 3 is 2.90 bits per heavy atom.